The SMILES string of the molecule is O=C1CCc2cc([N+](=O)[O-])c(N3CCCN(C(=O)c4ccc(F)cc4)CC3)cc2N1. The first-order valence-corrected chi connectivity index (χ1v) is 9.83. The quantitative estimate of drug-likeness (QED) is 0.618. The summed E-state index contributed by atoms with van der Waals surface area (Å²) in [7, 11) is 0. The Morgan fingerprint density at radius 2 is 1.83 bits per heavy atom. The third-order valence-electron chi connectivity index (χ3n) is 5.51. The maximum absolute atomic E-state index is 13.1. The molecule has 9 heteroatoms. The number of rotatable bonds is 3. The van der Waals surface area contributed by atoms with Crippen LogP contribution in [0.1, 0.15) is 28.8 Å². The topological polar surface area (TPSA) is 95.8 Å². The van der Waals surface area contributed by atoms with E-state index in [0.29, 0.717) is 62.4 Å². The molecular weight excluding hydrogens is 391 g/mol. The van der Waals surface area contributed by atoms with Crippen molar-refractivity contribution in [2.24, 2.45) is 0 Å². The number of fused-ring (bicyclic) bond motifs is 1. The molecule has 2 aromatic carbocycles. The summed E-state index contributed by atoms with van der Waals surface area (Å²) in [6.45, 7) is 1.85. The molecule has 0 atom stereocenters. The number of benzene rings is 2. The van der Waals surface area contributed by atoms with Crippen molar-refractivity contribution in [3.8, 4) is 0 Å². The molecule has 2 amide bonds. The number of amides is 2. The van der Waals surface area contributed by atoms with E-state index < -0.39 is 10.7 Å². The van der Waals surface area contributed by atoms with Crippen LogP contribution in [-0.2, 0) is 11.2 Å². The van der Waals surface area contributed by atoms with Gasteiger partial charge in [0, 0.05) is 49.9 Å². The fraction of sp³-hybridized carbons (Fsp3) is 0.333. The highest BCUT2D eigenvalue weighted by Gasteiger charge is 2.28. The van der Waals surface area contributed by atoms with E-state index >= 15 is 0 Å². The predicted molar refractivity (Wildman–Crippen MR) is 109 cm³/mol. The minimum Gasteiger partial charge on any atom is -0.364 e. The van der Waals surface area contributed by atoms with Crippen molar-refractivity contribution in [3.05, 3.63) is 63.5 Å². The van der Waals surface area contributed by atoms with Gasteiger partial charge in [0.2, 0.25) is 5.91 Å². The van der Waals surface area contributed by atoms with Gasteiger partial charge < -0.3 is 15.1 Å². The Bertz CT molecular complexity index is 1010. The van der Waals surface area contributed by atoms with Crippen molar-refractivity contribution < 1.29 is 18.9 Å². The molecule has 156 valence electrons. The Hall–Kier alpha value is -3.49. The lowest BCUT2D eigenvalue weighted by atomic mass is 10.0. The Labute approximate surface area is 172 Å². The molecule has 1 fully saturated rings. The maximum Gasteiger partial charge on any atom is 0.292 e. The molecule has 8 nitrogen and oxygen atoms in total. The molecule has 0 aromatic heterocycles. The second-order valence-electron chi connectivity index (χ2n) is 7.44. The summed E-state index contributed by atoms with van der Waals surface area (Å²) < 4.78 is 13.1. The van der Waals surface area contributed by atoms with E-state index in [1.807, 2.05) is 4.90 Å². The number of carbonyl (C=O) groups excluding carboxylic acids is 2. The number of carbonyl (C=O) groups is 2. The standard InChI is InChI=1S/C21H21FN4O4/c22-16-5-2-14(3-6-16)21(28)25-9-1-8-24(10-11-25)18-13-17-15(4-7-20(27)23-17)12-19(18)26(29)30/h2-3,5-6,12-13H,1,4,7-11H2,(H,23,27). The highest BCUT2D eigenvalue weighted by atomic mass is 19.1. The van der Waals surface area contributed by atoms with Gasteiger partial charge in [0.05, 0.1) is 4.92 Å². The Kier molecular flexibility index (Phi) is 5.35. The van der Waals surface area contributed by atoms with Crippen LogP contribution < -0.4 is 10.2 Å². The number of aryl methyl sites for hydroxylation is 1. The number of nitro benzene ring substituents is 1. The van der Waals surface area contributed by atoms with E-state index in [0.717, 1.165) is 5.56 Å². The molecule has 2 aliphatic heterocycles. The number of anilines is 2. The summed E-state index contributed by atoms with van der Waals surface area (Å²) in [5, 5.41) is 14.5. The van der Waals surface area contributed by atoms with Gasteiger partial charge in [-0.25, -0.2) is 4.39 Å². The second kappa shape index (κ2) is 8.10. The first-order chi connectivity index (χ1) is 14.4. The minimum absolute atomic E-state index is 0.00297. The van der Waals surface area contributed by atoms with Gasteiger partial charge in [0.15, 0.2) is 0 Å². The summed E-state index contributed by atoms with van der Waals surface area (Å²) >= 11 is 0. The lowest BCUT2D eigenvalue weighted by molar-refractivity contribution is -0.384. The average molecular weight is 412 g/mol. The van der Waals surface area contributed by atoms with E-state index in [1.54, 1.807) is 11.0 Å². The number of hydrogen-bond acceptors (Lipinski definition) is 5. The van der Waals surface area contributed by atoms with Gasteiger partial charge in [-0.1, -0.05) is 0 Å². The molecule has 0 aliphatic carbocycles. The molecule has 0 radical (unpaired) electrons. The van der Waals surface area contributed by atoms with Crippen LogP contribution >= 0.6 is 0 Å². The van der Waals surface area contributed by atoms with Crippen LogP contribution in [0.3, 0.4) is 0 Å². The smallest absolute Gasteiger partial charge is 0.292 e. The largest absolute Gasteiger partial charge is 0.364 e. The average Bonchev–Trinajstić information content (AvgIpc) is 2.99. The van der Waals surface area contributed by atoms with Crippen molar-refractivity contribution in [1.29, 1.82) is 0 Å². The van der Waals surface area contributed by atoms with Gasteiger partial charge in [-0.3, -0.25) is 19.7 Å². The number of hydrogen-bond donors (Lipinski definition) is 1. The molecule has 0 spiro atoms. The minimum atomic E-state index is -0.404. The summed E-state index contributed by atoms with van der Waals surface area (Å²) in [4.78, 5) is 39.3. The summed E-state index contributed by atoms with van der Waals surface area (Å²) in [5.74, 6) is -0.696. The lowest BCUT2D eigenvalue weighted by Gasteiger charge is -2.26. The zero-order valence-corrected chi connectivity index (χ0v) is 16.3. The maximum atomic E-state index is 13.1. The van der Waals surface area contributed by atoms with Crippen molar-refractivity contribution in [1.82, 2.24) is 4.90 Å². The highest BCUT2D eigenvalue weighted by Crippen LogP contribution is 2.36. The molecule has 2 aliphatic rings. The van der Waals surface area contributed by atoms with E-state index in [9.17, 15) is 24.1 Å². The van der Waals surface area contributed by atoms with Gasteiger partial charge in [0.1, 0.15) is 11.5 Å². The second-order valence-corrected chi connectivity index (χ2v) is 7.44. The van der Waals surface area contributed by atoms with Gasteiger partial charge in [0.25, 0.3) is 11.6 Å². The molecule has 0 unspecified atom stereocenters. The fourth-order valence-electron chi connectivity index (χ4n) is 3.94. The molecule has 4 rings (SSSR count). The molecule has 1 saturated heterocycles. The van der Waals surface area contributed by atoms with Gasteiger partial charge in [-0.15, -0.1) is 0 Å². The molecule has 30 heavy (non-hydrogen) atoms. The summed E-state index contributed by atoms with van der Waals surface area (Å²) in [5.41, 5.74) is 2.22. The van der Waals surface area contributed by atoms with Crippen LogP contribution in [0.15, 0.2) is 36.4 Å². The van der Waals surface area contributed by atoms with Gasteiger partial charge in [-0.05, 0) is 48.7 Å². The Morgan fingerprint density at radius 3 is 2.57 bits per heavy atom. The Morgan fingerprint density at radius 1 is 1.07 bits per heavy atom. The van der Waals surface area contributed by atoms with Crippen molar-refractivity contribution in [3.63, 3.8) is 0 Å². The lowest BCUT2D eigenvalue weighted by Crippen LogP contribution is -2.35. The molecule has 2 aromatic rings. The molecule has 0 bridgehead atoms. The fourth-order valence-corrected chi connectivity index (χ4v) is 3.94. The third-order valence-corrected chi connectivity index (χ3v) is 5.51. The van der Waals surface area contributed by atoms with E-state index in [1.165, 1.54) is 30.3 Å². The third kappa shape index (κ3) is 3.96. The summed E-state index contributed by atoms with van der Waals surface area (Å²) in [6, 6.07) is 8.62. The van der Waals surface area contributed by atoms with Crippen LogP contribution in [0.2, 0.25) is 0 Å². The molecule has 0 saturated carbocycles. The predicted octanol–water partition coefficient (Wildman–Crippen LogP) is 2.97. The zero-order valence-electron chi connectivity index (χ0n) is 16.3. The van der Waals surface area contributed by atoms with E-state index in [2.05, 4.69) is 5.32 Å². The number of halogens is 1. The van der Waals surface area contributed by atoms with Gasteiger partial charge >= 0.3 is 0 Å². The van der Waals surface area contributed by atoms with Crippen molar-refractivity contribution in [2.75, 3.05) is 36.4 Å². The highest BCUT2D eigenvalue weighted by molar-refractivity contribution is 5.95. The molecule has 2 heterocycles. The molecule has 1 N–H and O–H groups in total. The van der Waals surface area contributed by atoms with Crippen LogP contribution in [-0.4, -0.2) is 47.8 Å². The number of nitrogens with zero attached hydrogens (tertiary/aromatic N) is 3. The van der Waals surface area contributed by atoms with E-state index in [-0.39, 0.29) is 17.5 Å². The summed E-state index contributed by atoms with van der Waals surface area (Å²) in [6.07, 6.45) is 1.42. The van der Waals surface area contributed by atoms with Gasteiger partial charge in [-0.2, -0.15) is 0 Å². The number of nitro groups is 1. The monoisotopic (exact) mass is 412 g/mol. The number of nitrogens with one attached hydrogen (secondary N) is 1. The normalized spacial score (nSPS) is 16.5. The first-order valence-electron chi connectivity index (χ1n) is 9.83. The first kappa shape index (κ1) is 19.8. The van der Waals surface area contributed by atoms with Crippen molar-refractivity contribution >= 4 is 28.9 Å². The van der Waals surface area contributed by atoms with Crippen LogP contribution in [0.4, 0.5) is 21.5 Å². The van der Waals surface area contributed by atoms with Crippen LogP contribution in [0, 0.1) is 15.9 Å². The van der Waals surface area contributed by atoms with E-state index in [4.69, 9.17) is 0 Å². The molecular formula is C21H21FN4O4. The Balaban J connectivity index is 1.56. The van der Waals surface area contributed by atoms with Crippen LogP contribution in [0.5, 0.6) is 0 Å². The van der Waals surface area contributed by atoms with Crippen molar-refractivity contribution in [2.45, 2.75) is 19.3 Å². The van der Waals surface area contributed by atoms with Crippen LogP contribution in [0.25, 0.3) is 0 Å². The zero-order chi connectivity index (χ0) is 21.3.